The van der Waals surface area contributed by atoms with Gasteiger partial charge in [-0.3, -0.25) is 0 Å². The Kier molecular flexibility index (Phi) is 3.92. The van der Waals surface area contributed by atoms with Gasteiger partial charge in [0.15, 0.2) is 17.4 Å². The second-order valence-corrected chi connectivity index (χ2v) is 4.01. The van der Waals surface area contributed by atoms with Crippen LogP contribution in [0.1, 0.15) is 11.1 Å². The van der Waals surface area contributed by atoms with Crippen molar-refractivity contribution >= 4 is 0 Å². The van der Waals surface area contributed by atoms with Gasteiger partial charge in [-0.2, -0.15) is 13.2 Å². The summed E-state index contributed by atoms with van der Waals surface area (Å²) in [6, 6.07) is 9.23. The van der Waals surface area contributed by atoms with Gasteiger partial charge in [0.2, 0.25) is 0 Å². The summed E-state index contributed by atoms with van der Waals surface area (Å²) in [5, 5.41) is 0. The predicted octanol–water partition coefficient (Wildman–Crippen LogP) is 4.56. The molecule has 6 heteroatoms. The lowest BCUT2D eigenvalue weighted by Gasteiger charge is -2.13. The Morgan fingerprint density at radius 3 is 2.15 bits per heavy atom. The fourth-order valence-electron chi connectivity index (χ4n) is 1.61. The quantitative estimate of drug-likeness (QED) is 0.752. The van der Waals surface area contributed by atoms with E-state index in [1.54, 1.807) is 30.3 Å². The van der Waals surface area contributed by atoms with E-state index in [0.29, 0.717) is 17.7 Å². The molecule has 0 bridgehead atoms. The third-order valence-electron chi connectivity index (χ3n) is 2.58. The van der Waals surface area contributed by atoms with Gasteiger partial charge in [-0.1, -0.05) is 30.3 Å². The zero-order valence-corrected chi connectivity index (χ0v) is 10.0. The van der Waals surface area contributed by atoms with Crippen LogP contribution in [0.2, 0.25) is 0 Å². The first-order valence-electron chi connectivity index (χ1n) is 5.61. The minimum atomic E-state index is -4.90. The molecule has 0 amide bonds. The van der Waals surface area contributed by atoms with E-state index in [1.807, 2.05) is 0 Å². The van der Waals surface area contributed by atoms with Crippen LogP contribution in [0.4, 0.5) is 22.0 Å². The van der Waals surface area contributed by atoms with Crippen molar-refractivity contribution in [3.63, 3.8) is 0 Å². The molecule has 0 aliphatic rings. The highest BCUT2D eigenvalue weighted by molar-refractivity contribution is 5.34. The largest absolute Gasteiger partial charge is 0.483 e. The molecule has 0 aliphatic heterocycles. The van der Waals surface area contributed by atoms with Crippen molar-refractivity contribution in [2.24, 2.45) is 0 Å². The van der Waals surface area contributed by atoms with Gasteiger partial charge in [0.1, 0.15) is 6.61 Å². The molecule has 0 fully saturated rings. The molecule has 0 heterocycles. The molecule has 0 N–H and O–H groups in total. The van der Waals surface area contributed by atoms with Crippen molar-refractivity contribution in [2.45, 2.75) is 12.8 Å². The van der Waals surface area contributed by atoms with E-state index in [-0.39, 0.29) is 6.61 Å². The summed E-state index contributed by atoms with van der Waals surface area (Å²) >= 11 is 0. The average molecular weight is 288 g/mol. The van der Waals surface area contributed by atoms with E-state index in [4.69, 9.17) is 4.74 Å². The highest BCUT2D eigenvalue weighted by Gasteiger charge is 2.36. The van der Waals surface area contributed by atoms with Crippen LogP contribution in [0.25, 0.3) is 0 Å². The monoisotopic (exact) mass is 288 g/mol. The van der Waals surface area contributed by atoms with E-state index in [0.717, 1.165) is 0 Å². The van der Waals surface area contributed by atoms with Crippen LogP contribution in [0.15, 0.2) is 42.5 Å². The lowest BCUT2D eigenvalue weighted by atomic mass is 10.2. The first kappa shape index (κ1) is 14.3. The molecule has 0 atom stereocenters. The normalized spacial score (nSPS) is 11.4. The molecule has 20 heavy (non-hydrogen) atoms. The van der Waals surface area contributed by atoms with E-state index < -0.39 is 29.1 Å². The van der Waals surface area contributed by atoms with E-state index in [9.17, 15) is 22.0 Å². The maximum Gasteiger partial charge on any atom is 0.419 e. The molecule has 2 aromatic carbocycles. The number of hydrogen-bond donors (Lipinski definition) is 0. The van der Waals surface area contributed by atoms with Gasteiger partial charge >= 0.3 is 6.18 Å². The summed E-state index contributed by atoms with van der Waals surface area (Å²) in [5.41, 5.74) is -0.967. The Morgan fingerprint density at radius 1 is 0.900 bits per heavy atom. The molecule has 106 valence electrons. The third-order valence-corrected chi connectivity index (χ3v) is 2.58. The van der Waals surface area contributed by atoms with Crippen LogP contribution in [-0.4, -0.2) is 0 Å². The van der Waals surface area contributed by atoms with Gasteiger partial charge in [-0.25, -0.2) is 8.78 Å². The minimum absolute atomic E-state index is 0.226. The van der Waals surface area contributed by atoms with Gasteiger partial charge in [0.25, 0.3) is 0 Å². The van der Waals surface area contributed by atoms with Gasteiger partial charge in [0, 0.05) is 0 Å². The van der Waals surface area contributed by atoms with Crippen molar-refractivity contribution in [3.05, 3.63) is 65.2 Å². The Labute approximate surface area is 111 Å². The predicted molar refractivity (Wildman–Crippen MR) is 62.1 cm³/mol. The summed E-state index contributed by atoms with van der Waals surface area (Å²) in [5.74, 6) is -3.94. The van der Waals surface area contributed by atoms with Crippen molar-refractivity contribution < 1.29 is 26.7 Å². The van der Waals surface area contributed by atoms with Crippen LogP contribution in [0, 0.1) is 11.6 Å². The van der Waals surface area contributed by atoms with Gasteiger partial charge < -0.3 is 4.74 Å². The summed E-state index contributed by atoms with van der Waals surface area (Å²) in [7, 11) is 0. The first-order chi connectivity index (χ1) is 9.39. The Bertz CT molecular complexity index is 593. The maximum absolute atomic E-state index is 13.6. The number of benzene rings is 2. The van der Waals surface area contributed by atoms with E-state index >= 15 is 0 Å². The summed E-state index contributed by atoms with van der Waals surface area (Å²) in [6.45, 7) is -0.226. The zero-order valence-electron chi connectivity index (χ0n) is 10.0. The number of halogens is 5. The standard InChI is InChI=1S/C14H9F5O/c15-11-7-6-10(14(17,18)19)12(16)13(11)20-8-9-4-2-1-3-5-9/h1-7H,8H2. The highest BCUT2D eigenvalue weighted by atomic mass is 19.4. The lowest BCUT2D eigenvalue weighted by molar-refractivity contribution is -0.140. The van der Waals surface area contributed by atoms with Crippen LogP contribution in [0.3, 0.4) is 0 Å². The fourth-order valence-corrected chi connectivity index (χ4v) is 1.61. The van der Waals surface area contributed by atoms with Crippen molar-refractivity contribution in [2.75, 3.05) is 0 Å². The second kappa shape index (κ2) is 5.48. The Hall–Kier alpha value is -2.11. The Morgan fingerprint density at radius 2 is 1.55 bits per heavy atom. The average Bonchev–Trinajstić information content (AvgIpc) is 2.38. The fraction of sp³-hybridized carbons (Fsp3) is 0.143. The summed E-state index contributed by atoms with van der Waals surface area (Å²) in [6.07, 6.45) is -4.90. The summed E-state index contributed by atoms with van der Waals surface area (Å²) < 4.78 is 69.4. The van der Waals surface area contributed by atoms with Gasteiger partial charge in [-0.15, -0.1) is 0 Å². The van der Waals surface area contributed by atoms with E-state index in [2.05, 4.69) is 0 Å². The maximum atomic E-state index is 13.6. The highest BCUT2D eigenvalue weighted by Crippen LogP contribution is 2.36. The molecule has 0 unspecified atom stereocenters. The van der Waals surface area contributed by atoms with Crippen molar-refractivity contribution in [1.82, 2.24) is 0 Å². The second-order valence-electron chi connectivity index (χ2n) is 4.01. The Balaban J connectivity index is 2.27. The molecular weight excluding hydrogens is 279 g/mol. The molecule has 0 aromatic heterocycles. The molecule has 0 aliphatic carbocycles. The molecule has 2 aromatic rings. The minimum Gasteiger partial charge on any atom is -0.483 e. The third kappa shape index (κ3) is 3.07. The SMILES string of the molecule is Fc1ccc(C(F)(F)F)c(F)c1OCc1ccccc1. The zero-order chi connectivity index (χ0) is 14.8. The van der Waals surface area contributed by atoms with Gasteiger partial charge in [-0.05, 0) is 17.7 Å². The smallest absolute Gasteiger partial charge is 0.419 e. The van der Waals surface area contributed by atoms with Crippen LogP contribution >= 0.6 is 0 Å². The number of hydrogen-bond acceptors (Lipinski definition) is 1. The van der Waals surface area contributed by atoms with Crippen LogP contribution in [-0.2, 0) is 12.8 Å². The van der Waals surface area contributed by atoms with Gasteiger partial charge in [0.05, 0.1) is 5.56 Å². The topological polar surface area (TPSA) is 9.23 Å². The number of rotatable bonds is 3. The summed E-state index contributed by atoms with van der Waals surface area (Å²) in [4.78, 5) is 0. The molecule has 0 saturated carbocycles. The lowest BCUT2D eigenvalue weighted by Crippen LogP contribution is -2.10. The number of alkyl halides is 3. The number of ether oxygens (including phenoxy) is 1. The molecule has 1 nitrogen and oxygen atoms in total. The first-order valence-corrected chi connectivity index (χ1v) is 5.61. The molecule has 0 radical (unpaired) electrons. The molecule has 2 rings (SSSR count). The van der Waals surface area contributed by atoms with Crippen LogP contribution < -0.4 is 4.74 Å². The van der Waals surface area contributed by atoms with E-state index in [1.165, 1.54) is 0 Å². The molecule has 0 saturated heterocycles. The van der Waals surface area contributed by atoms with Crippen molar-refractivity contribution in [1.29, 1.82) is 0 Å². The molecular formula is C14H9F5O. The molecule has 0 spiro atoms. The van der Waals surface area contributed by atoms with Crippen LogP contribution in [0.5, 0.6) is 5.75 Å². The van der Waals surface area contributed by atoms with Crippen molar-refractivity contribution in [3.8, 4) is 5.75 Å².